The highest BCUT2D eigenvalue weighted by Crippen LogP contribution is 2.27. The summed E-state index contributed by atoms with van der Waals surface area (Å²) < 4.78 is 6.26. The van der Waals surface area contributed by atoms with Gasteiger partial charge in [-0.2, -0.15) is 0 Å². The number of rotatable bonds is 4. The van der Waals surface area contributed by atoms with Crippen molar-refractivity contribution in [3.05, 3.63) is 51.7 Å². The maximum absolute atomic E-state index is 6.26. The predicted molar refractivity (Wildman–Crippen MR) is 99.8 cm³/mol. The van der Waals surface area contributed by atoms with E-state index < -0.39 is 0 Å². The second kappa shape index (κ2) is 8.15. The number of thiophene rings is 1. The van der Waals surface area contributed by atoms with Gasteiger partial charge in [0.15, 0.2) is 0 Å². The maximum Gasteiger partial charge on any atom is 0.124 e. The molecule has 0 radical (unpaired) electrons. The lowest BCUT2D eigenvalue weighted by molar-refractivity contribution is 0.117. The first kappa shape index (κ1) is 18.3. The molecule has 2 heterocycles. The van der Waals surface area contributed by atoms with Crippen LogP contribution in [-0.4, -0.2) is 43.1 Å². The van der Waals surface area contributed by atoms with Crippen molar-refractivity contribution in [2.75, 3.05) is 27.2 Å². The molecule has 0 spiro atoms. The third kappa shape index (κ3) is 4.95. The zero-order valence-electron chi connectivity index (χ0n) is 14.0. The molecule has 126 valence electrons. The number of nitrogens with zero attached hydrogens (tertiary/aromatic N) is 2. The van der Waals surface area contributed by atoms with E-state index in [1.165, 1.54) is 15.3 Å². The number of aryl methyl sites for hydroxylation is 1. The number of halogens is 1. The van der Waals surface area contributed by atoms with Gasteiger partial charge >= 0.3 is 0 Å². The highest BCUT2D eigenvalue weighted by atomic mass is 35.5. The summed E-state index contributed by atoms with van der Waals surface area (Å²) >= 11 is 1.89. The Morgan fingerprint density at radius 1 is 1.22 bits per heavy atom. The van der Waals surface area contributed by atoms with Crippen molar-refractivity contribution in [3.63, 3.8) is 0 Å². The Bertz CT molecular complexity index is 629. The number of para-hydroxylation sites is 1. The Labute approximate surface area is 149 Å². The van der Waals surface area contributed by atoms with Gasteiger partial charge in [0, 0.05) is 41.5 Å². The molecule has 3 nitrogen and oxygen atoms in total. The third-order valence-corrected chi connectivity index (χ3v) is 4.85. The molecule has 1 unspecified atom stereocenters. The zero-order chi connectivity index (χ0) is 15.5. The molecule has 0 bridgehead atoms. The molecule has 1 aromatic heterocycles. The standard InChI is InChI=1S/C18H24N2OS.ClH/c1-14-8-9-17(22-14)13-20-10-15-6-4-5-7-18(15)21-16(12-20)11-19(2)3;/h4-9,16H,10-13H2,1-3H3;1H. The molecule has 0 saturated carbocycles. The van der Waals surface area contributed by atoms with Crippen LogP contribution in [-0.2, 0) is 13.1 Å². The third-order valence-electron chi connectivity index (χ3n) is 3.87. The Kier molecular flexibility index (Phi) is 6.48. The van der Waals surface area contributed by atoms with Crippen LogP contribution < -0.4 is 4.74 Å². The van der Waals surface area contributed by atoms with Gasteiger partial charge in [0.25, 0.3) is 0 Å². The van der Waals surface area contributed by atoms with Gasteiger partial charge in [-0.25, -0.2) is 0 Å². The average molecular weight is 353 g/mol. The molecule has 1 atom stereocenters. The number of hydrogen-bond acceptors (Lipinski definition) is 4. The number of hydrogen-bond donors (Lipinski definition) is 0. The Morgan fingerprint density at radius 2 is 2.00 bits per heavy atom. The highest BCUT2D eigenvalue weighted by Gasteiger charge is 2.23. The Balaban J connectivity index is 0.00000192. The molecular weight excluding hydrogens is 328 g/mol. The summed E-state index contributed by atoms with van der Waals surface area (Å²) in [5.41, 5.74) is 1.29. The maximum atomic E-state index is 6.26. The van der Waals surface area contributed by atoms with Crippen molar-refractivity contribution in [3.8, 4) is 5.75 Å². The number of fused-ring (bicyclic) bond motifs is 1. The fourth-order valence-corrected chi connectivity index (χ4v) is 3.91. The number of ether oxygens (including phenoxy) is 1. The molecule has 1 aromatic carbocycles. The molecular formula is C18H25ClN2OS. The lowest BCUT2D eigenvalue weighted by atomic mass is 10.2. The molecule has 1 aliphatic heterocycles. The van der Waals surface area contributed by atoms with E-state index >= 15 is 0 Å². The average Bonchev–Trinajstić information content (AvgIpc) is 2.77. The van der Waals surface area contributed by atoms with Crippen molar-refractivity contribution in [1.29, 1.82) is 0 Å². The van der Waals surface area contributed by atoms with Gasteiger partial charge in [-0.15, -0.1) is 23.7 Å². The van der Waals surface area contributed by atoms with Gasteiger partial charge in [0.1, 0.15) is 11.9 Å². The van der Waals surface area contributed by atoms with Crippen molar-refractivity contribution in [2.45, 2.75) is 26.1 Å². The summed E-state index contributed by atoms with van der Waals surface area (Å²) in [5.74, 6) is 1.04. The Morgan fingerprint density at radius 3 is 2.70 bits per heavy atom. The molecule has 0 fully saturated rings. The lowest BCUT2D eigenvalue weighted by Crippen LogP contribution is -2.39. The van der Waals surface area contributed by atoms with Gasteiger partial charge in [-0.3, -0.25) is 4.90 Å². The quantitative estimate of drug-likeness (QED) is 0.832. The smallest absolute Gasteiger partial charge is 0.124 e. The van der Waals surface area contributed by atoms with Crippen LogP contribution in [0, 0.1) is 6.92 Å². The van der Waals surface area contributed by atoms with Crippen LogP contribution in [0.3, 0.4) is 0 Å². The van der Waals surface area contributed by atoms with E-state index in [1.54, 1.807) is 0 Å². The zero-order valence-corrected chi connectivity index (χ0v) is 15.6. The van der Waals surface area contributed by atoms with Gasteiger partial charge < -0.3 is 9.64 Å². The van der Waals surface area contributed by atoms with E-state index in [0.29, 0.717) is 0 Å². The summed E-state index contributed by atoms with van der Waals surface area (Å²) in [5, 5.41) is 0. The second-order valence-electron chi connectivity index (χ2n) is 6.29. The second-order valence-corrected chi connectivity index (χ2v) is 7.66. The summed E-state index contributed by atoms with van der Waals surface area (Å²) in [6.45, 7) is 6.03. The minimum Gasteiger partial charge on any atom is -0.487 e. The minimum absolute atomic E-state index is 0. The molecule has 1 aliphatic rings. The van der Waals surface area contributed by atoms with Crippen LogP contribution in [0.1, 0.15) is 15.3 Å². The van der Waals surface area contributed by atoms with Gasteiger partial charge in [0.2, 0.25) is 0 Å². The molecule has 0 aliphatic carbocycles. The van der Waals surface area contributed by atoms with Crippen molar-refractivity contribution < 1.29 is 4.74 Å². The SMILES string of the molecule is Cc1ccc(CN2Cc3ccccc3OC(CN(C)C)C2)s1.Cl. The van der Waals surface area contributed by atoms with E-state index in [9.17, 15) is 0 Å². The van der Waals surface area contributed by atoms with Gasteiger partial charge in [-0.1, -0.05) is 18.2 Å². The number of benzene rings is 1. The van der Waals surface area contributed by atoms with Gasteiger partial charge in [0.05, 0.1) is 0 Å². The minimum atomic E-state index is 0. The van der Waals surface area contributed by atoms with Crippen molar-refractivity contribution >= 4 is 23.7 Å². The predicted octanol–water partition coefficient (Wildman–Crippen LogP) is 3.80. The van der Waals surface area contributed by atoms with Crippen LogP contribution in [0.5, 0.6) is 5.75 Å². The topological polar surface area (TPSA) is 15.7 Å². The van der Waals surface area contributed by atoms with Crippen LogP contribution in [0.15, 0.2) is 36.4 Å². The molecule has 23 heavy (non-hydrogen) atoms. The van der Waals surface area contributed by atoms with E-state index in [-0.39, 0.29) is 18.5 Å². The van der Waals surface area contributed by atoms with E-state index in [1.807, 2.05) is 11.3 Å². The first-order chi connectivity index (χ1) is 10.6. The van der Waals surface area contributed by atoms with Crippen LogP contribution >= 0.6 is 23.7 Å². The van der Waals surface area contributed by atoms with Crippen LogP contribution in [0.2, 0.25) is 0 Å². The highest BCUT2D eigenvalue weighted by molar-refractivity contribution is 7.11. The van der Waals surface area contributed by atoms with Gasteiger partial charge in [-0.05, 0) is 39.2 Å². The Hall–Kier alpha value is -1.07. The van der Waals surface area contributed by atoms with E-state index in [2.05, 4.69) is 67.2 Å². The summed E-state index contributed by atoms with van der Waals surface area (Å²) in [6, 6.07) is 12.9. The largest absolute Gasteiger partial charge is 0.487 e. The van der Waals surface area contributed by atoms with Crippen LogP contribution in [0.4, 0.5) is 0 Å². The van der Waals surface area contributed by atoms with E-state index in [4.69, 9.17) is 4.74 Å². The lowest BCUT2D eigenvalue weighted by Gasteiger charge is -2.25. The fourth-order valence-electron chi connectivity index (χ4n) is 2.97. The van der Waals surface area contributed by atoms with Crippen molar-refractivity contribution in [1.82, 2.24) is 9.80 Å². The molecule has 2 aromatic rings. The van der Waals surface area contributed by atoms with E-state index in [0.717, 1.165) is 31.9 Å². The normalized spacial score (nSPS) is 18.0. The first-order valence-corrected chi connectivity index (χ1v) is 8.59. The monoisotopic (exact) mass is 352 g/mol. The molecule has 0 N–H and O–H groups in total. The molecule has 0 amide bonds. The summed E-state index contributed by atoms with van der Waals surface area (Å²) in [6.07, 6.45) is 0.208. The number of likely N-dealkylation sites (N-methyl/N-ethyl adjacent to an activating group) is 1. The van der Waals surface area contributed by atoms with Crippen molar-refractivity contribution in [2.24, 2.45) is 0 Å². The summed E-state index contributed by atoms with van der Waals surface area (Å²) in [7, 11) is 4.21. The first-order valence-electron chi connectivity index (χ1n) is 7.77. The summed E-state index contributed by atoms with van der Waals surface area (Å²) in [4.78, 5) is 7.52. The fraction of sp³-hybridized carbons (Fsp3) is 0.444. The molecule has 3 rings (SSSR count). The molecule has 0 saturated heterocycles. The van der Waals surface area contributed by atoms with Crippen LogP contribution in [0.25, 0.3) is 0 Å². The molecule has 5 heteroatoms.